The molecule has 0 aliphatic carbocycles. The zero-order chi connectivity index (χ0) is 57.3. The molecule has 0 aliphatic heterocycles. The van der Waals surface area contributed by atoms with E-state index >= 15 is 0 Å². The van der Waals surface area contributed by atoms with E-state index in [1.165, 1.54) is 308 Å². The highest BCUT2D eigenvalue weighted by atomic mass is 16.3. The van der Waals surface area contributed by atoms with Crippen LogP contribution >= 0.6 is 0 Å². The number of aliphatic hydroxyl groups excluding tert-OH is 4. The molecule has 6 nitrogen and oxygen atoms in total. The predicted molar refractivity (Wildman–Crippen MR) is 348 cm³/mol. The van der Waals surface area contributed by atoms with Crippen LogP contribution in [0, 0.1) is 0 Å². The lowest BCUT2D eigenvalue weighted by Gasteiger charge is -2.27. The van der Waals surface area contributed by atoms with Crippen LogP contribution in [0.3, 0.4) is 0 Å². The quantitative estimate of drug-likeness (QED) is 0.0308. The Hall–Kier alpha value is -1.47. The Labute approximate surface area is 494 Å². The van der Waals surface area contributed by atoms with Crippen LogP contribution in [0.5, 0.6) is 0 Å². The van der Waals surface area contributed by atoms with Gasteiger partial charge in [0.1, 0.15) is 12.2 Å². The van der Waals surface area contributed by atoms with Gasteiger partial charge < -0.3 is 25.7 Å². The third-order valence-electron chi connectivity index (χ3n) is 17.1. The molecule has 0 bridgehead atoms. The van der Waals surface area contributed by atoms with Crippen molar-refractivity contribution in [3.63, 3.8) is 0 Å². The number of rotatable bonds is 67. The van der Waals surface area contributed by atoms with Crippen LogP contribution < -0.4 is 5.32 Å². The summed E-state index contributed by atoms with van der Waals surface area (Å²) in [6.45, 7) is 4.09. The van der Waals surface area contributed by atoms with Gasteiger partial charge >= 0.3 is 0 Å². The van der Waals surface area contributed by atoms with Crippen LogP contribution in [0.1, 0.15) is 393 Å². The SMILES string of the molecule is CCCCCCCCCCCCCCCC/C=C/CC/C=C/CC/C=C/CCCC(O)C(O)C(CO)NC(=O)C(O)CCCCCCCCCCCCCCCCCCCCCCCCCCCCCCCCCCCCCC. The fraction of sp³-hybridized carbons (Fsp3) is 0.904. The van der Waals surface area contributed by atoms with Gasteiger partial charge in [-0.3, -0.25) is 4.79 Å². The highest BCUT2D eigenvalue weighted by molar-refractivity contribution is 5.80. The number of carbonyl (C=O) groups is 1. The van der Waals surface area contributed by atoms with Crippen LogP contribution in [-0.4, -0.2) is 57.3 Å². The van der Waals surface area contributed by atoms with Gasteiger partial charge in [0.15, 0.2) is 0 Å². The molecule has 5 N–H and O–H groups in total. The molecule has 0 aromatic rings. The summed E-state index contributed by atoms with van der Waals surface area (Å²) in [5.74, 6) is -0.592. The Kier molecular flexibility index (Phi) is 66.1. The van der Waals surface area contributed by atoms with Crippen LogP contribution in [-0.2, 0) is 4.79 Å². The van der Waals surface area contributed by atoms with Crippen molar-refractivity contribution in [1.29, 1.82) is 0 Å². The summed E-state index contributed by atoms with van der Waals surface area (Å²) in [5, 5.41) is 44.2. The number of nitrogens with one attached hydrogen (secondary N) is 1. The van der Waals surface area contributed by atoms with Crippen molar-refractivity contribution < 1.29 is 25.2 Å². The highest BCUT2D eigenvalue weighted by Gasteiger charge is 2.28. The zero-order valence-electron chi connectivity index (χ0n) is 53.4. The predicted octanol–water partition coefficient (Wildman–Crippen LogP) is 22.3. The maximum Gasteiger partial charge on any atom is 0.249 e. The molecule has 4 atom stereocenters. The summed E-state index contributed by atoms with van der Waals surface area (Å²) in [4.78, 5) is 12.7. The number of hydrogen-bond donors (Lipinski definition) is 5. The van der Waals surface area contributed by atoms with E-state index in [0.29, 0.717) is 19.3 Å². The molecule has 0 saturated heterocycles. The molecule has 0 aliphatic rings. The highest BCUT2D eigenvalue weighted by Crippen LogP contribution is 2.19. The number of amides is 1. The molecule has 0 aromatic heterocycles. The Bertz CT molecular complexity index is 1250. The second-order valence-electron chi connectivity index (χ2n) is 24.9. The molecule has 468 valence electrons. The van der Waals surface area contributed by atoms with Crippen molar-refractivity contribution in [2.75, 3.05) is 6.61 Å². The monoisotopic (exact) mass is 1110 g/mol. The first-order valence-electron chi connectivity index (χ1n) is 35.9. The van der Waals surface area contributed by atoms with Gasteiger partial charge in [-0.05, 0) is 64.2 Å². The maximum absolute atomic E-state index is 12.7. The van der Waals surface area contributed by atoms with Gasteiger partial charge in [0, 0.05) is 0 Å². The largest absolute Gasteiger partial charge is 0.394 e. The van der Waals surface area contributed by atoms with Crippen LogP contribution in [0.25, 0.3) is 0 Å². The fourth-order valence-electron chi connectivity index (χ4n) is 11.5. The third kappa shape index (κ3) is 60.9. The lowest BCUT2D eigenvalue weighted by molar-refractivity contribution is -0.132. The summed E-state index contributed by atoms with van der Waals surface area (Å²) in [7, 11) is 0. The van der Waals surface area contributed by atoms with Crippen molar-refractivity contribution >= 4 is 5.91 Å². The normalized spacial score (nSPS) is 13.6. The summed E-state index contributed by atoms with van der Waals surface area (Å²) in [6.07, 6.45) is 87.2. The number of aliphatic hydroxyl groups is 4. The smallest absolute Gasteiger partial charge is 0.249 e. The van der Waals surface area contributed by atoms with E-state index in [-0.39, 0.29) is 0 Å². The molecule has 4 unspecified atom stereocenters. The molecule has 6 heteroatoms. The molecule has 0 fully saturated rings. The molecule has 0 radical (unpaired) electrons. The van der Waals surface area contributed by atoms with Crippen LogP contribution in [0.4, 0.5) is 0 Å². The summed E-state index contributed by atoms with van der Waals surface area (Å²) < 4.78 is 0. The van der Waals surface area contributed by atoms with Crippen molar-refractivity contribution in [3.05, 3.63) is 36.5 Å². The van der Waals surface area contributed by atoms with E-state index in [2.05, 4.69) is 55.6 Å². The molecular weight excluding hydrogens is 971 g/mol. The first-order valence-corrected chi connectivity index (χ1v) is 35.9. The minimum absolute atomic E-state index is 0.362. The van der Waals surface area contributed by atoms with Crippen LogP contribution in [0.15, 0.2) is 36.5 Å². The Morgan fingerprint density at radius 3 is 0.797 bits per heavy atom. The van der Waals surface area contributed by atoms with Crippen LogP contribution in [0.2, 0.25) is 0 Å². The van der Waals surface area contributed by atoms with Gasteiger partial charge in [-0.15, -0.1) is 0 Å². The van der Waals surface area contributed by atoms with Gasteiger partial charge in [0.2, 0.25) is 5.91 Å². The first kappa shape index (κ1) is 77.5. The molecule has 0 heterocycles. The summed E-state index contributed by atoms with van der Waals surface area (Å²) in [5.41, 5.74) is 0. The number of unbranched alkanes of at least 4 members (excludes halogenated alkanes) is 52. The van der Waals surface area contributed by atoms with Gasteiger partial charge in [0.05, 0.1) is 18.8 Å². The first-order chi connectivity index (χ1) is 39.0. The van der Waals surface area contributed by atoms with Gasteiger partial charge in [-0.1, -0.05) is 365 Å². The van der Waals surface area contributed by atoms with Crippen molar-refractivity contribution in [2.24, 2.45) is 0 Å². The van der Waals surface area contributed by atoms with E-state index < -0.39 is 36.9 Å². The van der Waals surface area contributed by atoms with Crippen molar-refractivity contribution in [2.45, 2.75) is 417 Å². The minimum atomic E-state index is -1.29. The molecule has 1 amide bonds. The van der Waals surface area contributed by atoms with Gasteiger partial charge in [-0.25, -0.2) is 0 Å². The average Bonchev–Trinajstić information content (AvgIpc) is 3.45. The lowest BCUT2D eigenvalue weighted by Crippen LogP contribution is -2.53. The Balaban J connectivity index is 3.56. The van der Waals surface area contributed by atoms with E-state index in [1.807, 2.05) is 0 Å². The second-order valence-corrected chi connectivity index (χ2v) is 24.9. The Morgan fingerprint density at radius 1 is 0.304 bits per heavy atom. The fourth-order valence-corrected chi connectivity index (χ4v) is 11.5. The Morgan fingerprint density at radius 2 is 0.532 bits per heavy atom. The zero-order valence-corrected chi connectivity index (χ0v) is 53.4. The van der Waals surface area contributed by atoms with Gasteiger partial charge in [0.25, 0.3) is 0 Å². The van der Waals surface area contributed by atoms with Crippen molar-refractivity contribution in [3.8, 4) is 0 Å². The molecular formula is C73H141NO5. The summed E-state index contributed by atoms with van der Waals surface area (Å²) in [6, 6.07) is -1.01. The van der Waals surface area contributed by atoms with E-state index in [4.69, 9.17) is 0 Å². The molecule has 0 saturated carbocycles. The molecule has 0 spiro atoms. The van der Waals surface area contributed by atoms with Crippen molar-refractivity contribution in [1.82, 2.24) is 5.32 Å². The molecule has 0 aromatic carbocycles. The van der Waals surface area contributed by atoms with E-state index in [9.17, 15) is 25.2 Å². The average molecular weight is 1110 g/mol. The number of carbonyl (C=O) groups excluding carboxylic acids is 1. The third-order valence-corrected chi connectivity index (χ3v) is 17.1. The molecule has 0 rings (SSSR count). The van der Waals surface area contributed by atoms with E-state index in [1.54, 1.807) is 0 Å². The number of allylic oxidation sites excluding steroid dienone is 6. The lowest BCUT2D eigenvalue weighted by atomic mass is 10.00. The van der Waals surface area contributed by atoms with Gasteiger partial charge in [-0.2, -0.15) is 0 Å². The summed E-state index contributed by atoms with van der Waals surface area (Å²) >= 11 is 0. The number of hydrogen-bond acceptors (Lipinski definition) is 5. The van der Waals surface area contributed by atoms with E-state index in [0.717, 1.165) is 51.4 Å². The maximum atomic E-state index is 12.7. The minimum Gasteiger partial charge on any atom is -0.394 e. The molecule has 79 heavy (non-hydrogen) atoms. The topological polar surface area (TPSA) is 110 Å². The standard InChI is InChI=1S/C73H141NO5/c1-3-5-7-9-11-13-15-17-19-21-23-25-27-29-31-32-33-34-35-36-37-38-39-41-43-45-47-49-51-53-55-57-59-61-63-65-67-71(77)73(79)74-69(68-75)72(78)70(76)66-64-62-60-58-56-54-52-50-48-46-44-42-40-30-28-26-24-22-20-18-16-14-12-10-8-6-4-2/h42,44,50,52,58,60,69-72,75-78H,3-41,43,45-49,51,53-57,59,61-68H2,1-2H3,(H,74,79)/b44-42+,52-50+,60-58+. The second kappa shape index (κ2) is 67.3.